The average molecular weight is 230 g/mol. The van der Waals surface area contributed by atoms with E-state index in [1.807, 2.05) is 4.90 Å². The van der Waals surface area contributed by atoms with Gasteiger partial charge in [-0.25, -0.2) is 0 Å². The molecule has 0 aromatic heterocycles. The first-order valence-electron chi connectivity index (χ1n) is 5.47. The Bertz CT molecular complexity index is 264. The second-order valence-electron chi connectivity index (χ2n) is 4.13. The number of likely N-dealkylation sites (tertiary alicyclic amines) is 1. The molecule has 1 heterocycles. The van der Waals surface area contributed by atoms with E-state index in [1.54, 1.807) is 0 Å². The third kappa shape index (κ3) is 3.46. The van der Waals surface area contributed by atoms with Gasteiger partial charge in [0.15, 0.2) is 0 Å². The quantitative estimate of drug-likeness (QED) is 0.600. The molecule has 1 unspecified atom stereocenters. The largest absolute Gasteiger partial charge is 0.480 e. The molecule has 4 N–H and O–H groups in total. The third-order valence-corrected chi connectivity index (χ3v) is 2.91. The molecule has 0 amide bonds. The minimum atomic E-state index is -1.15. The van der Waals surface area contributed by atoms with E-state index >= 15 is 0 Å². The first-order valence-corrected chi connectivity index (χ1v) is 5.47. The lowest BCUT2D eigenvalue weighted by Gasteiger charge is -2.32. The number of nitrogens with two attached hydrogens (primary N) is 1. The zero-order valence-corrected chi connectivity index (χ0v) is 9.13. The number of hydrogen-bond donors (Lipinski definition) is 3. The van der Waals surface area contributed by atoms with Crippen molar-refractivity contribution in [2.24, 2.45) is 5.73 Å². The van der Waals surface area contributed by atoms with Crippen LogP contribution < -0.4 is 5.73 Å². The van der Waals surface area contributed by atoms with E-state index < -0.39 is 24.0 Å². The number of hydrogen-bond acceptors (Lipinski definition) is 4. The van der Waals surface area contributed by atoms with Gasteiger partial charge in [0.1, 0.15) is 12.1 Å². The second-order valence-corrected chi connectivity index (χ2v) is 4.13. The molecule has 92 valence electrons. The lowest BCUT2D eigenvalue weighted by Crippen LogP contribution is -2.48. The topological polar surface area (TPSA) is 104 Å². The summed E-state index contributed by atoms with van der Waals surface area (Å²) in [6.45, 7) is 1.42. The summed E-state index contributed by atoms with van der Waals surface area (Å²) in [5.74, 6) is -2.14. The highest BCUT2D eigenvalue weighted by Gasteiger charge is 2.30. The number of rotatable bonds is 5. The molecule has 0 saturated carbocycles. The van der Waals surface area contributed by atoms with Gasteiger partial charge in [-0.2, -0.15) is 0 Å². The van der Waals surface area contributed by atoms with Crippen LogP contribution in [0, 0.1) is 0 Å². The van der Waals surface area contributed by atoms with Gasteiger partial charge in [0.25, 0.3) is 0 Å². The molecule has 1 aliphatic heterocycles. The Kier molecular flexibility index (Phi) is 4.70. The Labute approximate surface area is 94.0 Å². The van der Waals surface area contributed by atoms with E-state index in [-0.39, 0.29) is 6.42 Å². The van der Waals surface area contributed by atoms with Crippen molar-refractivity contribution in [3.63, 3.8) is 0 Å². The zero-order chi connectivity index (χ0) is 12.1. The van der Waals surface area contributed by atoms with Crippen LogP contribution in [-0.2, 0) is 9.59 Å². The average Bonchev–Trinajstić information content (AvgIpc) is 2.26. The molecule has 1 fully saturated rings. The van der Waals surface area contributed by atoms with E-state index in [0.29, 0.717) is 13.1 Å². The van der Waals surface area contributed by atoms with Crippen LogP contribution in [0.4, 0.5) is 0 Å². The van der Waals surface area contributed by atoms with E-state index in [2.05, 4.69) is 0 Å². The van der Waals surface area contributed by atoms with Gasteiger partial charge in [-0.05, 0) is 32.4 Å². The van der Waals surface area contributed by atoms with Gasteiger partial charge in [0.05, 0.1) is 0 Å². The Morgan fingerprint density at radius 2 is 1.69 bits per heavy atom. The molecule has 1 rings (SSSR count). The maximum absolute atomic E-state index is 11.1. The summed E-state index contributed by atoms with van der Waals surface area (Å²) in [6, 6.07) is -1.88. The van der Waals surface area contributed by atoms with Crippen LogP contribution in [0.2, 0.25) is 0 Å². The predicted molar refractivity (Wildman–Crippen MR) is 57.1 cm³/mol. The smallest absolute Gasteiger partial charge is 0.320 e. The van der Waals surface area contributed by atoms with Gasteiger partial charge in [-0.15, -0.1) is 0 Å². The Balaban J connectivity index is 2.59. The summed E-state index contributed by atoms with van der Waals surface area (Å²) in [5.41, 5.74) is 5.37. The third-order valence-electron chi connectivity index (χ3n) is 2.91. The number of carbonyl (C=O) groups is 2. The minimum Gasteiger partial charge on any atom is -0.480 e. The highest BCUT2D eigenvalue weighted by Crippen LogP contribution is 2.15. The lowest BCUT2D eigenvalue weighted by atomic mass is 10.0. The van der Waals surface area contributed by atoms with Crippen LogP contribution in [0.3, 0.4) is 0 Å². The molecule has 0 spiro atoms. The first-order chi connectivity index (χ1) is 7.52. The van der Waals surface area contributed by atoms with E-state index in [4.69, 9.17) is 15.9 Å². The number of piperidine rings is 1. The molecule has 0 aromatic rings. The molecule has 0 radical (unpaired) electrons. The van der Waals surface area contributed by atoms with Crippen LogP contribution in [0.25, 0.3) is 0 Å². The number of aliphatic carboxylic acids is 2. The summed E-state index contributed by atoms with van der Waals surface area (Å²) in [6.07, 6.45) is 3.00. The highest BCUT2D eigenvalue weighted by atomic mass is 16.4. The van der Waals surface area contributed by atoms with Crippen LogP contribution in [0.15, 0.2) is 0 Å². The van der Waals surface area contributed by atoms with Crippen molar-refractivity contribution in [1.29, 1.82) is 0 Å². The van der Waals surface area contributed by atoms with Crippen molar-refractivity contribution in [1.82, 2.24) is 4.90 Å². The van der Waals surface area contributed by atoms with Gasteiger partial charge in [0.2, 0.25) is 0 Å². The van der Waals surface area contributed by atoms with E-state index in [0.717, 1.165) is 19.3 Å². The normalized spacial score (nSPS) is 21.3. The van der Waals surface area contributed by atoms with Crippen LogP contribution in [-0.4, -0.2) is 52.2 Å². The molecule has 6 heteroatoms. The molecule has 1 saturated heterocycles. The molecule has 6 nitrogen and oxygen atoms in total. The first kappa shape index (κ1) is 12.9. The monoisotopic (exact) mass is 230 g/mol. The van der Waals surface area contributed by atoms with Crippen molar-refractivity contribution < 1.29 is 19.8 Å². The zero-order valence-electron chi connectivity index (χ0n) is 9.13. The summed E-state index contributed by atoms with van der Waals surface area (Å²) in [4.78, 5) is 23.5. The van der Waals surface area contributed by atoms with Gasteiger partial charge in [-0.1, -0.05) is 6.42 Å². The van der Waals surface area contributed by atoms with Gasteiger partial charge < -0.3 is 15.9 Å². The fourth-order valence-corrected chi connectivity index (χ4v) is 1.98. The Morgan fingerprint density at radius 3 is 2.12 bits per heavy atom. The molecular weight excluding hydrogens is 212 g/mol. The molecule has 1 aliphatic rings. The number of carboxylic acid groups (broad SMARTS) is 2. The van der Waals surface area contributed by atoms with Crippen molar-refractivity contribution in [3.05, 3.63) is 0 Å². The SMILES string of the molecule is N[C@@H](CC(C(=O)O)N1CCCCC1)C(=O)O. The lowest BCUT2D eigenvalue weighted by molar-refractivity contribution is -0.145. The van der Waals surface area contributed by atoms with Crippen molar-refractivity contribution in [3.8, 4) is 0 Å². The van der Waals surface area contributed by atoms with Crippen LogP contribution in [0.5, 0.6) is 0 Å². The van der Waals surface area contributed by atoms with Crippen molar-refractivity contribution >= 4 is 11.9 Å². The van der Waals surface area contributed by atoms with Crippen molar-refractivity contribution in [2.45, 2.75) is 37.8 Å². The van der Waals surface area contributed by atoms with Gasteiger partial charge in [0, 0.05) is 0 Å². The fraction of sp³-hybridized carbons (Fsp3) is 0.800. The number of carboxylic acids is 2. The standard InChI is InChI=1S/C10H18N2O4/c11-7(9(13)14)6-8(10(15)16)12-4-2-1-3-5-12/h7-8H,1-6,11H2,(H,13,14)(H,15,16)/t7-,8?/m0/s1. The second kappa shape index (κ2) is 5.81. The van der Waals surface area contributed by atoms with E-state index in [1.165, 1.54) is 0 Å². The van der Waals surface area contributed by atoms with Crippen LogP contribution in [0.1, 0.15) is 25.7 Å². The van der Waals surface area contributed by atoms with Gasteiger partial charge in [-0.3, -0.25) is 14.5 Å². The molecular formula is C10H18N2O4. The summed E-state index contributed by atoms with van der Waals surface area (Å²) in [7, 11) is 0. The molecule has 0 aromatic carbocycles. The molecule has 2 atom stereocenters. The van der Waals surface area contributed by atoms with Crippen molar-refractivity contribution in [2.75, 3.05) is 13.1 Å². The maximum atomic E-state index is 11.1. The molecule has 16 heavy (non-hydrogen) atoms. The molecule has 0 aliphatic carbocycles. The maximum Gasteiger partial charge on any atom is 0.320 e. The number of nitrogens with zero attached hydrogens (tertiary/aromatic N) is 1. The van der Waals surface area contributed by atoms with Gasteiger partial charge >= 0.3 is 11.9 Å². The summed E-state index contributed by atoms with van der Waals surface area (Å²) >= 11 is 0. The Hall–Kier alpha value is -1.14. The fourth-order valence-electron chi connectivity index (χ4n) is 1.98. The summed E-state index contributed by atoms with van der Waals surface area (Å²) in [5, 5.41) is 17.7. The van der Waals surface area contributed by atoms with E-state index in [9.17, 15) is 9.59 Å². The minimum absolute atomic E-state index is 0.0370. The Morgan fingerprint density at radius 1 is 1.12 bits per heavy atom. The van der Waals surface area contributed by atoms with Crippen LogP contribution >= 0.6 is 0 Å². The highest BCUT2D eigenvalue weighted by molar-refractivity contribution is 5.77. The molecule has 0 bridgehead atoms. The predicted octanol–water partition coefficient (Wildman–Crippen LogP) is -0.272. The summed E-state index contributed by atoms with van der Waals surface area (Å²) < 4.78 is 0.